The fourth-order valence-corrected chi connectivity index (χ4v) is 3.98. The molecule has 6 nitrogen and oxygen atoms in total. The second-order valence-electron chi connectivity index (χ2n) is 7.36. The minimum absolute atomic E-state index is 0.0442. The highest BCUT2D eigenvalue weighted by Crippen LogP contribution is 2.28. The SMILES string of the molecule is C=CCOc1ccc(/C=N/N=C2\NC(=O)C(Cc3ccc(C(C)C)cc3)S2)cc1OC. The van der Waals surface area contributed by atoms with Gasteiger partial charge >= 0.3 is 0 Å². The van der Waals surface area contributed by atoms with Crippen molar-refractivity contribution < 1.29 is 14.3 Å². The van der Waals surface area contributed by atoms with Gasteiger partial charge in [-0.2, -0.15) is 5.10 Å². The number of ether oxygens (including phenoxy) is 2. The van der Waals surface area contributed by atoms with Gasteiger partial charge in [0.25, 0.3) is 0 Å². The highest BCUT2D eigenvalue weighted by atomic mass is 32.2. The van der Waals surface area contributed by atoms with Crippen LogP contribution in [-0.4, -0.2) is 36.3 Å². The molecule has 1 aliphatic heterocycles. The minimum atomic E-state index is -0.208. The average molecular weight is 438 g/mol. The van der Waals surface area contributed by atoms with Gasteiger partial charge in [-0.3, -0.25) is 4.79 Å². The van der Waals surface area contributed by atoms with E-state index < -0.39 is 0 Å². The quantitative estimate of drug-likeness (QED) is 0.355. The van der Waals surface area contributed by atoms with Crippen LogP contribution < -0.4 is 14.8 Å². The van der Waals surface area contributed by atoms with E-state index in [4.69, 9.17) is 9.47 Å². The zero-order valence-corrected chi connectivity index (χ0v) is 18.8. The van der Waals surface area contributed by atoms with Crippen molar-refractivity contribution >= 4 is 29.1 Å². The number of rotatable bonds is 9. The summed E-state index contributed by atoms with van der Waals surface area (Å²) in [5.41, 5.74) is 3.23. The predicted molar refractivity (Wildman–Crippen MR) is 127 cm³/mol. The number of hydrogen-bond acceptors (Lipinski definition) is 6. The molecule has 1 atom stereocenters. The van der Waals surface area contributed by atoms with E-state index in [9.17, 15) is 4.79 Å². The molecule has 7 heteroatoms. The fourth-order valence-electron chi connectivity index (χ4n) is 3.02. The van der Waals surface area contributed by atoms with Crippen LogP contribution in [0.5, 0.6) is 11.5 Å². The molecule has 0 aromatic heterocycles. The Morgan fingerprint density at radius 2 is 1.97 bits per heavy atom. The lowest BCUT2D eigenvalue weighted by Crippen LogP contribution is -2.25. The summed E-state index contributed by atoms with van der Waals surface area (Å²) in [6, 6.07) is 13.9. The number of nitrogens with zero attached hydrogens (tertiary/aromatic N) is 2. The Labute approximate surface area is 187 Å². The van der Waals surface area contributed by atoms with Gasteiger partial charge < -0.3 is 14.8 Å². The van der Waals surface area contributed by atoms with Crippen molar-refractivity contribution in [2.45, 2.75) is 31.4 Å². The fraction of sp³-hybridized carbons (Fsp3) is 0.292. The molecule has 1 N–H and O–H groups in total. The zero-order chi connectivity index (χ0) is 22.2. The molecule has 0 radical (unpaired) electrons. The maximum atomic E-state index is 12.3. The molecule has 0 aliphatic carbocycles. The lowest BCUT2D eigenvalue weighted by atomic mass is 10.0. The van der Waals surface area contributed by atoms with E-state index in [0.717, 1.165) is 11.1 Å². The number of benzene rings is 2. The van der Waals surface area contributed by atoms with E-state index in [1.165, 1.54) is 17.3 Å². The van der Waals surface area contributed by atoms with E-state index in [1.54, 1.807) is 19.4 Å². The van der Waals surface area contributed by atoms with Crippen molar-refractivity contribution in [2.24, 2.45) is 10.2 Å². The number of methoxy groups -OCH3 is 1. The largest absolute Gasteiger partial charge is 0.493 e. The van der Waals surface area contributed by atoms with Gasteiger partial charge in [-0.15, -0.1) is 5.10 Å². The lowest BCUT2D eigenvalue weighted by molar-refractivity contribution is -0.118. The molecule has 2 aromatic carbocycles. The molecule has 2 aromatic rings. The van der Waals surface area contributed by atoms with Crippen molar-refractivity contribution in [1.82, 2.24) is 5.32 Å². The first kappa shape index (κ1) is 22.6. The van der Waals surface area contributed by atoms with E-state index in [1.807, 2.05) is 18.2 Å². The number of hydrogen-bond donors (Lipinski definition) is 1. The van der Waals surface area contributed by atoms with Crippen LogP contribution in [0.2, 0.25) is 0 Å². The molecule has 31 heavy (non-hydrogen) atoms. The molecule has 162 valence electrons. The Balaban J connectivity index is 1.61. The summed E-state index contributed by atoms with van der Waals surface area (Å²) < 4.78 is 10.9. The Morgan fingerprint density at radius 1 is 1.19 bits per heavy atom. The first-order valence-corrected chi connectivity index (χ1v) is 11.0. The summed E-state index contributed by atoms with van der Waals surface area (Å²) in [5, 5.41) is 11.4. The second-order valence-corrected chi connectivity index (χ2v) is 8.55. The van der Waals surface area contributed by atoms with Crippen molar-refractivity contribution in [3.8, 4) is 11.5 Å². The molecular weight excluding hydrogens is 410 g/mol. The van der Waals surface area contributed by atoms with Crippen LogP contribution in [0.25, 0.3) is 0 Å². The van der Waals surface area contributed by atoms with Crippen LogP contribution >= 0.6 is 11.8 Å². The van der Waals surface area contributed by atoms with E-state index in [0.29, 0.717) is 35.6 Å². The number of amidine groups is 1. The zero-order valence-electron chi connectivity index (χ0n) is 18.0. The normalized spacial score (nSPS) is 17.4. The molecule has 3 rings (SSSR count). The van der Waals surface area contributed by atoms with Crippen molar-refractivity contribution in [3.05, 3.63) is 71.8 Å². The predicted octanol–water partition coefficient (Wildman–Crippen LogP) is 4.55. The van der Waals surface area contributed by atoms with Crippen LogP contribution in [0.15, 0.2) is 65.3 Å². The van der Waals surface area contributed by atoms with Gasteiger partial charge in [-0.05, 0) is 47.2 Å². The van der Waals surface area contributed by atoms with Gasteiger partial charge in [0.15, 0.2) is 16.7 Å². The topological polar surface area (TPSA) is 72.3 Å². The third kappa shape index (κ3) is 6.21. The van der Waals surface area contributed by atoms with Gasteiger partial charge in [0.05, 0.1) is 18.6 Å². The summed E-state index contributed by atoms with van der Waals surface area (Å²) in [4.78, 5) is 12.3. The smallest absolute Gasteiger partial charge is 0.239 e. The second kappa shape index (κ2) is 10.8. The van der Waals surface area contributed by atoms with Crippen LogP contribution in [0.3, 0.4) is 0 Å². The third-order valence-corrected chi connectivity index (χ3v) is 5.82. The van der Waals surface area contributed by atoms with Crippen LogP contribution in [0.4, 0.5) is 0 Å². The standard InChI is InChI=1S/C24H27N3O3S/c1-5-12-30-20-11-8-18(13-21(20)29-4)15-25-27-24-26-23(28)22(31-24)14-17-6-9-19(10-7-17)16(2)3/h5-11,13,15-16,22H,1,12,14H2,2-4H3,(H,26,27,28)/b25-15+. The molecule has 1 saturated heterocycles. The maximum Gasteiger partial charge on any atom is 0.239 e. The molecular formula is C24H27N3O3S. The number of nitrogens with one attached hydrogen (secondary N) is 1. The van der Waals surface area contributed by atoms with E-state index >= 15 is 0 Å². The van der Waals surface area contributed by atoms with Crippen LogP contribution in [-0.2, 0) is 11.2 Å². The highest BCUT2D eigenvalue weighted by Gasteiger charge is 2.30. The summed E-state index contributed by atoms with van der Waals surface area (Å²) in [7, 11) is 1.58. The van der Waals surface area contributed by atoms with Gasteiger partial charge in [-0.1, -0.05) is 62.5 Å². The molecule has 1 amide bonds. The van der Waals surface area contributed by atoms with Crippen molar-refractivity contribution in [2.75, 3.05) is 13.7 Å². The Bertz CT molecular complexity index is 984. The molecule has 0 spiro atoms. The molecule has 1 fully saturated rings. The summed E-state index contributed by atoms with van der Waals surface area (Å²) in [5.74, 6) is 1.68. The highest BCUT2D eigenvalue weighted by molar-refractivity contribution is 8.15. The molecule has 0 bridgehead atoms. The third-order valence-electron chi connectivity index (χ3n) is 4.74. The Kier molecular flexibility index (Phi) is 7.89. The molecule has 1 heterocycles. The molecule has 0 saturated carbocycles. The van der Waals surface area contributed by atoms with Crippen LogP contribution in [0, 0.1) is 0 Å². The lowest BCUT2D eigenvalue weighted by Gasteiger charge is -2.09. The van der Waals surface area contributed by atoms with Gasteiger partial charge in [-0.25, -0.2) is 0 Å². The van der Waals surface area contributed by atoms with Gasteiger partial charge in [0.1, 0.15) is 6.61 Å². The number of thioether (sulfide) groups is 1. The first-order valence-electron chi connectivity index (χ1n) is 10.1. The number of carbonyl (C=O) groups excluding carboxylic acids is 1. The average Bonchev–Trinajstić information content (AvgIpc) is 3.11. The minimum Gasteiger partial charge on any atom is -0.493 e. The number of amides is 1. The maximum absolute atomic E-state index is 12.3. The van der Waals surface area contributed by atoms with Crippen LogP contribution in [0.1, 0.15) is 36.5 Å². The molecule has 1 unspecified atom stereocenters. The Hall–Kier alpha value is -3.06. The van der Waals surface area contributed by atoms with E-state index in [2.05, 4.69) is 60.2 Å². The van der Waals surface area contributed by atoms with Gasteiger partial charge in [0.2, 0.25) is 5.91 Å². The van der Waals surface area contributed by atoms with Crippen molar-refractivity contribution in [3.63, 3.8) is 0 Å². The summed E-state index contributed by atoms with van der Waals surface area (Å²) >= 11 is 1.40. The number of carbonyl (C=O) groups is 1. The van der Waals surface area contributed by atoms with E-state index in [-0.39, 0.29) is 11.2 Å². The summed E-state index contributed by atoms with van der Waals surface area (Å²) in [6.07, 6.45) is 3.94. The first-order chi connectivity index (χ1) is 15.0. The van der Waals surface area contributed by atoms with Gasteiger partial charge in [0, 0.05) is 0 Å². The Morgan fingerprint density at radius 3 is 2.65 bits per heavy atom. The summed E-state index contributed by atoms with van der Waals surface area (Å²) in [6.45, 7) is 8.37. The van der Waals surface area contributed by atoms with Crippen molar-refractivity contribution in [1.29, 1.82) is 0 Å². The molecule has 1 aliphatic rings. The monoisotopic (exact) mass is 437 g/mol.